The molecular weight excluding hydrogens is 324 g/mol. The van der Waals surface area contributed by atoms with Gasteiger partial charge in [-0.25, -0.2) is 0 Å². The summed E-state index contributed by atoms with van der Waals surface area (Å²) in [6.07, 6.45) is 6.65. The molecular formula is C18H21BrN2. The van der Waals surface area contributed by atoms with Gasteiger partial charge in [0, 0.05) is 28.3 Å². The number of nitrogens with one attached hydrogen (secondary N) is 1. The van der Waals surface area contributed by atoms with Crippen LogP contribution in [0.4, 0.5) is 0 Å². The Kier molecular flexibility index (Phi) is 4.71. The third kappa shape index (κ3) is 3.35. The monoisotopic (exact) mass is 344 g/mol. The number of aryl methyl sites for hydroxylation is 1. The largest absolute Gasteiger partial charge is 0.316 e. The minimum Gasteiger partial charge on any atom is -0.316 e. The van der Waals surface area contributed by atoms with Crippen LogP contribution in [0.1, 0.15) is 35.6 Å². The minimum atomic E-state index is 0.445. The first kappa shape index (κ1) is 14.7. The number of fused-ring (bicyclic) bond motifs is 1. The number of pyridine rings is 1. The highest BCUT2D eigenvalue weighted by molar-refractivity contribution is 9.10. The van der Waals surface area contributed by atoms with Gasteiger partial charge in [-0.2, -0.15) is 0 Å². The van der Waals surface area contributed by atoms with Crippen molar-refractivity contribution in [1.29, 1.82) is 0 Å². The summed E-state index contributed by atoms with van der Waals surface area (Å²) in [5.41, 5.74) is 4.12. The van der Waals surface area contributed by atoms with Gasteiger partial charge in [0.1, 0.15) is 0 Å². The second kappa shape index (κ2) is 6.71. The van der Waals surface area contributed by atoms with Crippen molar-refractivity contribution in [1.82, 2.24) is 10.3 Å². The second-order valence-electron chi connectivity index (χ2n) is 5.77. The first-order valence-electron chi connectivity index (χ1n) is 7.63. The maximum Gasteiger partial charge on any atom is 0.0482 e. The summed E-state index contributed by atoms with van der Waals surface area (Å²) in [5, 5.41) is 3.52. The molecule has 0 saturated carbocycles. The molecule has 1 aromatic carbocycles. The van der Waals surface area contributed by atoms with Gasteiger partial charge in [-0.05, 0) is 62.1 Å². The number of benzene rings is 1. The van der Waals surface area contributed by atoms with Crippen LogP contribution in [0, 0.1) is 0 Å². The van der Waals surface area contributed by atoms with Crippen molar-refractivity contribution in [3.8, 4) is 0 Å². The van der Waals surface area contributed by atoms with E-state index in [1.165, 1.54) is 36.1 Å². The molecule has 0 fully saturated rings. The first-order chi connectivity index (χ1) is 10.3. The summed E-state index contributed by atoms with van der Waals surface area (Å²) < 4.78 is 1.14. The van der Waals surface area contributed by atoms with E-state index in [0.29, 0.717) is 12.0 Å². The van der Waals surface area contributed by atoms with Crippen LogP contribution in [0.3, 0.4) is 0 Å². The normalized spacial score (nSPS) is 19.0. The topological polar surface area (TPSA) is 24.9 Å². The van der Waals surface area contributed by atoms with Crippen LogP contribution in [0.25, 0.3) is 0 Å². The summed E-state index contributed by atoms with van der Waals surface area (Å²) in [5.74, 6) is 0.517. The van der Waals surface area contributed by atoms with Crippen molar-refractivity contribution in [3.05, 3.63) is 63.9 Å². The van der Waals surface area contributed by atoms with Gasteiger partial charge in [0.25, 0.3) is 0 Å². The van der Waals surface area contributed by atoms with Gasteiger partial charge in [-0.3, -0.25) is 4.98 Å². The van der Waals surface area contributed by atoms with Gasteiger partial charge in [-0.1, -0.05) is 34.1 Å². The third-order valence-electron chi connectivity index (χ3n) is 4.46. The zero-order chi connectivity index (χ0) is 14.7. The van der Waals surface area contributed by atoms with Crippen molar-refractivity contribution in [2.24, 2.45) is 0 Å². The molecule has 1 aliphatic carbocycles. The van der Waals surface area contributed by atoms with Crippen molar-refractivity contribution in [2.45, 2.75) is 37.6 Å². The summed E-state index contributed by atoms with van der Waals surface area (Å²) in [6, 6.07) is 13.4. The zero-order valence-corrected chi connectivity index (χ0v) is 13.9. The molecule has 1 aromatic heterocycles. The minimum absolute atomic E-state index is 0.445. The number of hydrogen-bond donors (Lipinski definition) is 1. The molecule has 0 spiro atoms. The maximum atomic E-state index is 4.68. The number of hydrogen-bond acceptors (Lipinski definition) is 2. The Bertz CT molecular complexity index is 594. The molecule has 2 nitrogen and oxygen atoms in total. The predicted molar refractivity (Wildman–Crippen MR) is 90.6 cm³/mol. The van der Waals surface area contributed by atoms with Crippen LogP contribution < -0.4 is 5.32 Å². The van der Waals surface area contributed by atoms with E-state index in [0.717, 1.165) is 10.9 Å². The first-order valence-corrected chi connectivity index (χ1v) is 8.42. The Morgan fingerprint density at radius 3 is 2.86 bits per heavy atom. The lowest BCUT2D eigenvalue weighted by Gasteiger charge is -2.31. The van der Waals surface area contributed by atoms with Crippen molar-refractivity contribution in [2.75, 3.05) is 7.05 Å². The van der Waals surface area contributed by atoms with E-state index < -0.39 is 0 Å². The van der Waals surface area contributed by atoms with E-state index in [9.17, 15) is 0 Å². The van der Waals surface area contributed by atoms with Crippen LogP contribution in [-0.4, -0.2) is 18.1 Å². The van der Waals surface area contributed by atoms with Crippen LogP contribution in [0.2, 0.25) is 0 Å². The van der Waals surface area contributed by atoms with E-state index in [2.05, 4.69) is 69.7 Å². The van der Waals surface area contributed by atoms with Crippen LogP contribution >= 0.6 is 15.9 Å². The molecule has 1 aliphatic rings. The molecule has 0 amide bonds. The van der Waals surface area contributed by atoms with Crippen LogP contribution in [0.15, 0.2) is 47.1 Å². The van der Waals surface area contributed by atoms with E-state index in [1.54, 1.807) is 0 Å². The van der Waals surface area contributed by atoms with Gasteiger partial charge < -0.3 is 5.32 Å². The van der Waals surface area contributed by atoms with Crippen molar-refractivity contribution >= 4 is 15.9 Å². The summed E-state index contributed by atoms with van der Waals surface area (Å²) in [7, 11) is 2.07. The Morgan fingerprint density at radius 1 is 1.29 bits per heavy atom. The molecule has 110 valence electrons. The Balaban J connectivity index is 1.82. The second-order valence-corrected chi connectivity index (χ2v) is 6.69. The highest BCUT2D eigenvalue weighted by atomic mass is 79.9. The number of halogens is 1. The Labute approximate surface area is 135 Å². The molecule has 2 atom stereocenters. The fraction of sp³-hybridized carbons (Fsp3) is 0.389. The molecule has 0 aliphatic heterocycles. The lowest BCUT2D eigenvalue weighted by atomic mass is 9.80. The number of likely N-dealkylation sites (N-methyl/N-ethyl adjacent to an activating group) is 1. The fourth-order valence-electron chi connectivity index (χ4n) is 3.36. The summed E-state index contributed by atoms with van der Waals surface area (Å²) >= 11 is 3.50. The molecule has 0 bridgehead atoms. The number of nitrogens with zero attached hydrogens (tertiary/aromatic N) is 1. The quantitative estimate of drug-likeness (QED) is 0.903. The lowest BCUT2D eigenvalue weighted by Crippen LogP contribution is -2.36. The van der Waals surface area contributed by atoms with Gasteiger partial charge in [-0.15, -0.1) is 0 Å². The summed E-state index contributed by atoms with van der Waals surface area (Å²) in [4.78, 5) is 4.68. The number of rotatable bonds is 4. The van der Waals surface area contributed by atoms with E-state index in [-0.39, 0.29) is 0 Å². The molecule has 1 heterocycles. The van der Waals surface area contributed by atoms with E-state index in [1.807, 2.05) is 6.20 Å². The third-order valence-corrected chi connectivity index (χ3v) is 4.99. The average Bonchev–Trinajstić information content (AvgIpc) is 2.54. The summed E-state index contributed by atoms with van der Waals surface area (Å²) in [6.45, 7) is 0. The van der Waals surface area contributed by atoms with Crippen LogP contribution in [0.5, 0.6) is 0 Å². The Morgan fingerprint density at radius 2 is 2.10 bits per heavy atom. The zero-order valence-electron chi connectivity index (χ0n) is 12.3. The van der Waals surface area contributed by atoms with Gasteiger partial charge in [0.05, 0.1) is 0 Å². The lowest BCUT2D eigenvalue weighted by molar-refractivity contribution is 0.403. The SMILES string of the molecule is CNC(Cc1ccc(Br)cc1)C1CCCc2cccnc21. The highest BCUT2D eigenvalue weighted by Crippen LogP contribution is 2.33. The molecule has 0 radical (unpaired) electrons. The molecule has 0 saturated heterocycles. The molecule has 2 aromatic rings. The predicted octanol–water partition coefficient (Wildman–Crippen LogP) is 4.09. The molecule has 1 N–H and O–H groups in total. The molecule has 3 rings (SSSR count). The van der Waals surface area contributed by atoms with Gasteiger partial charge in [0.2, 0.25) is 0 Å². The van der Waals surface area contributed by atoms with Crippen LogP contribution in [-0.2, 0) is 12.8 Å². The van der Waals surface area contributed by atoms with Gasteiger partial charge >= 0.3 is 0 Å². The highest BCUT2D eigenvalue weighted by Gasteiger charge is 2.28. The smallest absolute Gasteiger partial charge is 0.0482 e. The fourth-order valence-corrected chi connectivity index (χ4v) is 3.62. The molecule has 21 heavy (non-hydrogen) atoms. The Hall–Kier alpha value is -1.19. The average molecular weight is 345 g/mol. The standard InChI is InChI=1S/C18H21BrN2/c1-20-17(12-13-7-9-15(19)10-8-13)16-6-2-4-14-5-3-11-21-18(14)16/h3,5,7-11,16-17,20H,2,4,6,12H2,1H3. The molecule has 2 unspecified atom stereocenters. The van der Waals surface area contributed by atoms with Crippen molar-refractivity contribution in [3.63, 3.8) is 0 Å². The van der Waals surface area contributed by atoms with Gasteiger partial charge in [0.15, 0.2) is 0 Å². The van der Waals surface area contributed by atoms with E-state index >= 15 is 0 Å². The maximum absolute atomic E-state index is 4.68. The van der Waals surface area contributed by atoms with Crippen molar-refractivity contribution < 1.29 is 0 Å². The van der Waals surface area contributed by atoms with E-state index in [4.69, 9.17) is 0 Å². The molecule has 3 heteroatoms. The number of aromatic nitrogens is 1.